The molecule has 0 spiro atoms. The van der Waals surface area contributed by atoms with Crippen LogP contribution in [-0.2, 0) is 14.3 Å². The van der Waals surface area contributed by atoms with Crippen molar-refractivity contribution in [2.75, 3.05) is 5.75 Å². The van der Waals surface area contributed by atoms with E-state index in [9.17, 15) is 9.59 Å². The van der Waals surface area contributed by atoms with E-state index in [1.54, 1.807) is 11.3 Å². The Bertz CT molecular complexity index is 590. The Morgan fingerprint density at radius 1 is 1.39 bits per heavy atom. The SMILES string of the molecule is O=C1CC(CSc2nc3ccccc3s2)C(=O)O1. The monoisotopic (exact) mass is 279 g/mol. The Labute approximate surface area is 111 Å². The van der Waals surface area contributed by atoms with E-state index in [-0.39, 0.29) is 12.3 Å². The summed E-state index contributed by atoms with van der Waals surface area (Å²) >= 11 is 3.10. The zero-order valence-electron chi connectivity index (χ0n) is 9.29. The number of thioether (sulfide) groups is 1. The number of aromatic nitrogens is 1. The second-order valence-corrected chi connectivity index (χ2v) is 6.25. The lowest BCUT2D eigenvalue weighted by atomic mass is 10.1. The number of ether oxygens (including phenoxy) is 1. The van der Waals surface area contributed by atoms with E-state index < -0.39 is 11.9 Å². The predicted molar refractivity (Wildman–Crippen MR) is 69.6 cm³/mol. The van der Waals surface area contributed by atoms with Crippen LogP contribution in [0.5, 0.6) is 0 Å². The predicted octanol–water partition coefficient (Wildman–Crippen LogP) is 2.48. The first kappa shape index (κ1) is 11.7. The maximum atomic E-state index is 11.3. The summed E-state index contributed by atoms with van der Waals surface area (Å²) in [5.41, 5.74) is 0.968. The normalized spacial score (nSPS) is 19.4. The molecule has 1 atom stereocenters. The van der Waals surface area contributed by atoms with Gasteiger partial charge in [0.15, 0.2) is 4.34 Å². The average molecular weight is 279 g/mol. The number of esters is 2. The van der Waals surface area contributed by atoms with Gasteiger partial charge in [0.05, 0.1) is 22.6 Å². The van der Waals surface area contributed by atoms with Crippen molar-refractivity contribution in [2.45, 2.75) is 10.8 Å². The van der Waals surface area contributed by atoms with Gasteiger partial charge in [0.1, 0.15) is 0 Å². The lowest BCUT2D eigenvalue weighted by molar-refractivity contribution is -0.152. The number of cyclic esters (lactones) is 2. The maximum absolute atomic E-state index is 11.3. The molecule has 0 N–H and O–H groups in total. The molecule has 1 aliphatic heterocycles. The minimum Gasteiger partial charge on any atom is -0.393 e. The number of benzene rings is 1. The zero-order valence-corrected chi connectivity index (χ0v) is 10.9. The first-order valence-electron chi connectivity index (χ1n) is 5.45. The van der Waals surface area contributed by atoms with Gasteiger partial charge in [0.25, 0.3) is 0 Å². The summed E-state index contributed by atoms with van der Waals surface area (Å²) in [7, 11) is 0. The van der Waals surface area contributed by atoms with E-state index in [0.29, 0.717) is 5.75 Å². The highest BCUT2D eigenvalue weighted by atomic mass is 32.2. The molecule has 2 aromatic rings. The number of nitrogens with zero attached hydrogens (tertiary/aromatic N) is 1. The van der Waals surface area contributed by atoms with Crippen molar-refractivity contribution >= 4 is 45.3 Å². The molecule has 2 heterocycles. The lowest BCUT2D eigenvalue weighted by Gasteiger charge is -2.00. The molecule has 6 heteroatoms. The van der Waals surface area contributed by atoms with Crippen molar-refractivity contribution in [1.82, 2.24) is 4.98 Å². The number of thiazole rings is 1. The molecular formula is C12H9NO3S2. The Morgan fingerprint density at radius 3 is 2.94 bits per heavy atom. The van der Waals surface area contributed by atoms with Crippen LogP contribution in [0.15, 0.2) is 28.6 Å². The van der Waals surface area contributed by atoms with Gasteiger partial charge < -0.3 is 4.74 Å². The van der Waals surface area contributed by atoms with Gasteiger partial charge in [-0.2, -0.15) is 0 Å². The van der Waals surface area contributed by atoms with Crippen LogP contribution in [0.25, 0.3) is 10.2 Å². The number of rotatable bonds is 3. The summed E-state index contributed by atoms with van der Waals surface area (Å²) in [5.74, 6) is -0.609. The molecular weight excluding hydrogens is 270 g/mol. The molecule has 1 fully saturated rings. The van der Waals surface area contributed by atoms with Crippen LogP contribution >= 0.6 is 23.1 Å². The fourth-order valence-electron chi connectivity index (χ4n) is 1.73. The summed E-state index contributed by atoms with van der Waals surface area (Å²) in [6.45, 7) is 0. The lowest BCUT2D eigenvalue weighted by Crippen LogP contribution is -2.09. The zero-order chi connectivity index (χ0) is 12.5. The smallest absolute Gasteiger partial charge is 0.318 e. The van der Waals surface area contributed by atoms with Crippen molar-refractivity contribution in [3.8, 4) is 0 Å². The third kappa shape index (κ3) is 2.26. The molecule has 0 aliphatic carbocycles. The number of fused-ring (bicyclic) bond motifs is 1. The van der Waals surface area contributed by atoms with E-state index >= 15 is 0 Å². The largest absolute Gasteiger partial charge is 0.393 e. The topological polar surface area (TPSA) is 56.3 Å². The number of carbonyl (C=O) groups is 2. The molecule has 0 bridgehead atoms. The Hall–Kier alpha value is -1.40. The molecule has 1 unspecified atom stereocenters. The van der Waals surface area contributed by atoms with Gasteiger partial charge in [-0.3, -0.25) is 9.59 Å². The molecule has 92 valence electrons. The van der Waals surface area contributed by atoms with Crippen molar-refractivity contribution in [2.24, 2.45) is 5.92 Å². The van der Waals surface area contributed by atoms with E-state index in [0.717, 1.165) is 14.6 Å². The standard InChI is InChI=1S/C12H9NO3S2/c14-10-5-7(11(15)16-10)6-17-12-13-8-3-1-2-4-9(8)18-12/h1-4,7H,5-6H2. The van der Waals surface area contributed by atoms with Crippen LogP contribution in [0.2, 0.25) is 0 Å². The fourth-order valence-corrected chi connectivity index (χ4v) is 3.90. The van der Waals surface area contributed by atoms with Gasteiger partial charge in [0, 0.05) is 5.75 Å². The fraction of sp³-hybridized carbons (Fsp3) is 0.250. The van der Waals surface area contributed by atoms with Crippen LogP contribution < -0.4 is 0 Å². The number of hydrogen-bond donors (Lipinski definition) is 0. The Morgan fingerprint density at radius 2 is 2.22 bits per heavy atom. The Balaban J connectivity index is 1.69. The van der Waals surface area contributed by atoms with Crippen LogP contribution in [-0.4, -0.2) is 22.7 Å². The third-order valence-corrected chi connectivity index (χ3v) is 4.98. The molecule has 0 amide bonds. The highest BCUT2D eigenvalue weighted by molar-refractivity contribution is 8.01. The summed E-state index contributed by atoms with van der Waals surface area (Å²) in [6.07, 6.45) is 0.191. The molecule has 3 rings (SSSR count). The van der Waals surface area contributed by atoms with Crippen molar-refractivity contribution in [3.05, 3.63) is 24.3 Å². The minimum absolute atomic E-state index is 0.191. The number of hydrogen-bond acceptors (Lipinski definition) is 6. The molecule has 1 aromatic heterocycles. The molecule has 1 saturated heterocycles. The van der Waals surface area contributed by atoms with Gasteiger partial charge in [0.2, 0.25) is 0 Å². The summed E-state index contributed by atoms with van der Waals surface area (Å²) in [6, 6.07) is 7.90. The Kier molecular flexibility index (Phi) is 3.05. The second kappa shape index (κ2) is 4.70. The van der Waals surface area contributed by atoms with Crippen molar-refractivity contribution in [3.63, 3.8) is 0 Å². The van der Waals surface area contributed by atoms with E-state index in [1.807, 2.05) is 24.3 Å². The summed E-state index contributed by atoms with van der Waals surface area (Å²) in [5, 5.41) is 0. The average Bonchev–Trinajstić information content (AvgIpc) is 2.89. The van der Waals surface area contributed by atoms with E-state index in [2.05, 4.69) is 9.72 Å². The van der Waals surface area contributed by atoms with Gasteiger partial charge in [-0.15, -0.1) is 11.3 Å². The highest BCUT2D eigenvalue weighted by Crippen LogP contribution is 2.32. The quantitative estimate of drug-likeness (QED) is 0.491. The molecule has 1 aromatic carbocycles. The van der Waals surface area contributed by atoms with Crippen molar-refractivity contribution in [1.29, 1.82) is 0 Å². The molecule has 0 saturated carbocycles. The van der Waals surface area contributed by atoms with E-state index in [4.69, 9.17) is 0 Å². The highest BCUT2D eigenvalue weighted by Gasteiger charge is 2.33. The van der Waals surface area contributed by atoms with E-state index in [1.165, 1.54) is 11.8 Å². The third-order valence-electron chi connectivity index (χ3n) is 2.64. The first-order valence-corrected chi connectivity index (χ1v) is 7.25. The maximum Gasteiger partial charge on any atom is 0.318 e. The molecule has 18 heavy (non-hydrogen) atoms. The van der Waals surface area contributed by atoms with Crippen LogP contribution in [0.3, 0.4) is 0 Å². The molecule has 0 radical (unpaired) electrons. The summed E-state index contributed by atoms with van der Waals surface area (Å²) < 4.78 is 6.56. The van der Waals surface area contributed by atoms with Crippen LogP contribution in [0, 0.1) is 5.92 Å². The van der Waals surface area contributed by atoms with Gasteiger partial charge >= 0.3 is 11.9 Å². The van der Waals surface area contributed by atoms with Crippen LogP contribution in [0.4, 0.5) is 0 Å². The first-order chi connectivity index (χ1) is 8.72. The van der Waals surface area contributed by atoms with Gasteiger partial charge in [-0.05, 0) is 12.1 Å². The van der Waals surface area contributed by atoms with Gasteiger partial charge in [-0.25, -0.2) is 4.98 Å². The minimum atomic E-state index is -0.421. The number of carbonyl (C=O) groups excluding carboxylic acids is 2. The molecule has 4 nitrogen and oxygen atoms in total. The second-order valence-electron chi connectivity index (χ2n) is 3.95. The number of para-hydroxylation sites is 1. The van der Waals surface area contributed by atoms with Crippen molar-refractivity contribution < 1.29 is 14.3 Å². The summed E-state index contributed by atoms with van der Waals surface area (Å²) in [4.78, 5) is 26.7. The van der Waals surface area contributed by atoms with Crippen LogP contribution in [0.1, 0.15) is 6.42 Å². The van der Waals surface area contributed by atoms with Gasteiger partial charge in [-0.1, -0.05) is 23.9 Å². The molecule has 1 aliphatic rings.